The van der Waals surface area contributed by atoms with Gasteiger partial charge in [-0.25, -0.2) is 9.59 Å². The summed E-state index contributed by atoms with van der Waals surface area (Å²) in [7, 11) is 1.05. The lowest BCUT2D eigenvalue weighted by molar-refractivity contribution is -0.198. The predicted octanol–water partition coefficient (Wildman–Crippen LogP) is 1.27. The van der Waals surface area contributed by atoms with Gasteiger partial charge in [0.1, 0.15) is 18.3 Å². The molecule has 0 spiro atoms. The van der Waals surface area contributed by atoms with E-state index in [0.29, 0.717) is 5.56 Å². The monoisotopic (exact) mass is 530 g/mol. The highest BCUT2D eigenvalue weighted by Crippen LogP contribution is 2.34. The van der Waals surface area contributed by atoms with Crippen molar-refractivity contribution in [3.8, 4) is 23.0 Å². The van der Waals surface area contributed by atoms with Gasteiger partial charge in [-0.1, -0.05) is 6.07 Å². The molecule has 1 aliphatic rings. The summed E-state index contributed by atoms with van der Waals surface area (Å²) in [5, 5.41) is 59.4. The third-order valence-corrected chi connectivity index (χ3v) is 5.82. The van der Waals surface area contributed by atoms with Gasteiger partial charge in [0, 0.05) is 30.6 Å². The van der Waals surface area contributed by atoms with Crippen molar-refractivity contribution in [2.45, 2.75) is 36.8 Å². The number of phenols is 4. The van der Waals surface area contributed by atoms with Gasteiger partial charge in [-0.15, -0.1) is 0 Å². The number of hydrogen-bond donors (Lipinski definition) is 6. The Hall–Kier alpha value is -4.55. The first-order valence-electron chi connectivity index (χ1n) is 11.2. The number of esters is 2. The van der Waals surface area contributed by atoms with Crippen LogP contribution < -0.4 is 0 Å². The number of methoxy groups -OCH3 is 1. The molecule has 0 unspecified atom stereocenters. The van der Waals surface area contributed by atoms with Gasteiger partial charge in [-0.2, -0.15) is 0 Å². The van der Waals surface area contributed by atoms with Crippen LogP contribution >= 0.6 is 0 Å². The molecule has 0 radical (unpaired) electrons. The van der Waals surface area contributed by atoms with Crippen LogP contribution in [0, 0.1) is 0 Å². The number of aliphatic hydroxyl groups excluding tert-OH is 1. The molecule has 2 aromatic carbocycles. The Bertz CT molecular complexity index is 1270. The van der Waals surface area contributed by atoms with Crippen LogP contribution in [0.25, 0.3) is 6.08 Å². The summed E-state index contributed by atoms with van der Waals surface area (Å²) in [6.45, 7) is 0. The van der Waals surface area contributed by atoms with E-state index in [1.807, 2.05) is 0 Å². The van der Waals surface area contributed by atoms with Gasteiger partial charge in [0.05, 0.1) is 13.4 Å². The average molecular weight is 530 g/mol. The van der Waals surface area contributed by atoms with Gasteiger partial charge in [0.25, 0.3) is 0 Å². The molecule has 12 heteroatoms. The Kier molecular flexibility index (Phi) is 8.61. The first-order valence-corrected chi connectivity index (χ1v) is 11.2. The quantitative estimate of drug-likeness (QED) is 0.0940. The number of carbonyl (C=O) groups is 3. The fourth-order valence-corrected chi connectivity index (χ4v) is 3.80. The highest BCUT2D eigenvalue weighted by atomic mass is 16.6. The molecule has 1 saturated carbocycles. The summed E-state index contributed by atoms with van der Waals surface area (Å²) in [5.41, 5.74) is -1.81. The van der Waals surface area contributed by atoms with Crippen LogP contribution in [0.2, 0.25) is 0 Å². The van der Waals surface area contributed by atoms with Crippen LogP contribution in [-0.2, 0) is 23.8 Å². The normalized spacial score (nSPS) is 23.3. The Morgan fingerprint density at radius 3 is 2.16 bits per heavy atom. The number of allylic oxidation sites excluding steroid dienone is 1. The van der Waals surface area contributed by atoms with Crippen LogP contribution in [0.1, 0.15) is 28.8 Å². The molecule has 38 heavy (non-hydrogen) atoms. The zero-order valence-electron chi connectivity index (χ0n) is 20.1. The molecule has 1 fully saturated rings. The largest absolute Gasteiger partial charge is 0.504 e. The second kappa shape index (κ2) is 11.7. The van der Waals surface area contributed by atoms with E-state index < -0.39 is 71.7 Å². The minimum absolute atomic E-state index is 0.0240. The Labute approximate surface area is 216 Å². The molecular weight excluding hydrogens is 504 g/mol. The van der Waals surface area contributed by atoms with Gasteiger partial charge in [-0.05, 0) is 42.0 Å². The third kappa shape index (κ3) is 6.60. The maximum absolute atomic E-state index is 12.4. The molecule has 2 aromatic rings. The second-order valence-corrected chi connectivity index (χ2v) is 8.52. The number of ether oxygens (including phenoxy) is 3. The van der Waals surface area contributed by atoms with E-state index in [1.165, 1.54) is 30.3 Å². The number of rotatable bonds is 8. The van der Waals surface area contributed by atoms with E-state index in [4.69, 9.17) is 9.47 Å². The van der Waals surface area contributed by atoms with E-state index in [-0.39, 0.29) is 11.3 Å². The van der Waals surface area contributed by atoms with Crippen LogP contribution in [0.5, 0.6) is 23.0 Å². The highest BCUT2D eigenvalue weighted by Gasteiger charge is 2.52. The van der Waals surface area contributed by atoms with E-state index in [1.54, 1.807) is 0 Å². The summed E-state index contributed by atoms with van der Waals surface area (Å²) in [5.74, 6) is -4.29. The van der Waals surface area contributed by atoms with Crippen molar-refractivity contribution in [3.05, 3.63) is 65.9 Å². The summed E-state index contributed by atoms with van der Waals surface area (Å²) in [6.07, 6.45) is -1.07. The van der Waals surface area contributed by atoms with Crippen molar-refractivity contribution in [2.24, 2.45) is 0 Å². The molecule has 202 valence electrons. The number of aromatic hydroxyl groups is 4. The van der Waals surface area contributed by atoms with Gasteiger partial charge in [0.2, 0.25) is 0 Å². The third-order valence-electron chi connectivity index (χ3n) is 5.82. The number of aliphatic hydroxyl groups is 2. The van der Waals surface area contributed by atoms with E-state index in [9.17, 15) is 45.0 Å². The lowest BCUT2D eigenvalue weighted by Gasteiger charge is -2.41. The zero-order valence-corrected chi connectivity index (χ0v) is 20.1. The van der Waals surface area contributed by atoms with E-state index in [0.717, 1.165) is 37.7 Å². The second-order valence-electron chi connectivity index (χ2n) is 8.52. The Morgan fingerprint density at radius 1 is 0.895 bits per heavy atom. The van der Waals surface area contributed by atoms with Crippen molar-refractivity contribution < 1.29 is 59.2 Å². The number of phenolic OH excluding ortho intramolecular Hbond substituents is 4. The maximum atomic E-state index is 12.4. The molecule has 0 saturated heterocycles. The Morgan fingerprint density at radius 2 is 1.53 bits per heavy atom. The standard InChI is InChI=1S/C26H26O12/c1-36-25(34)26(35)12-21(37-9-8-16(27)15-4-6-18(29)20(31)11-15)24(33)22(13-26)38-23(32)7-3-14-2-5-17(28)19(30)10-14/h2-11,21-22,24,28-31,33,35H,12-13H2,1H3/b7-3+,9-8+/t21-,22-,24-,26+/m1/s1. The van der Waals surface area contributed by atoms with E-state index >= 15 is 0 Å². The lowest BCUT2D eigenvalue weighted by Crippen LogP contribution is -2.57. The summed E-state index contributed by atoms with van der Waals surface area (Å²) in [6, 6.07) is 7.25. The molecule has 1 aliphatic carbocycles. The zero-order chi connectivity index (χ0) is 28.0. The molecule has 0 aromatic heterocycles. The maximum Gasteiger partial charge on any atom is 0.338 e. The number of hydrogen-bond acceptors (Lipinski definition) is 12. The number of ketones is 1. The molecule has 0 amide bonds. The van der Waals surface area contributed by atoms with Gasteiger partial charge >= 0.3 is 11.9 Å². The smallest absolute Gasteiger partial charge is 0.338 e. The fraction of sp³-hybridized carbons (Fsp3) is 0.269. The Balaban J connectivity index is 1.72. The van der Waals surface area contributed by atoms with Gasteiger partial charge in [0.15, 0.2) is 34.4 Å². The molecule has 12 nitrogen and oxygen atoms in total. The van der Waals surface area contributed by atoms with Crippen molar-refractivity contribution in [2.75, 3.05) is 7.11 Å². The molecule has 0 aliphatic heterocycles. The minimum Gasteiger partial charge on any atom is -0.504 e. The van der Waals surface area contributed by atoms with Crippen LogP contribution in [0.15, 0.2) is 54.8 Å². The first kappa shape index (κ1) is 28.0. The number of benzene rings is 2. The van der Waals surface area contributed by atoms with Crippen molar-refractivity contribution in [3.63, 3.8) is 0 Å². The van der Waals surface area contributed by atoms with Crippen LogP contribution in [0.4, 0.5) is 0 Å². The molecular formula is C26H26O12. The highest BCUT2D eigenvalue weighted by molar-refractivity contribution is 6.04. The molecule has 6 N–H and O–H groups in total. The van der Waals surface area contributed by atoms with Gasteiger partial charge in [-0.3, -0.25) is 4.79 Å². The predicted molar refractivity (Wildman–Crippen MR) is 129 cm³/mol. The topological polar surface area (TPSA) is 200 Å². The van der Waals surface area contributed by atoms with Gasteiger partial charge < -0.3 is 44.8 Å². The van der Waals surface area contributed by atoms with Crippen molar-refractivity contribution in [1.82, 2.24) is 0 Å². The van der Waals surface area contributed by atoms with Crippen LogP contribution in [-0.4, -0.2) is 79.4 Å². The molecule has 3 rings (SSSR count). The molecule has 0 bridgehead atoms. The summed E-state index contributed by atoms with van der Waals surface area (Å²) < 4.78 is 15.3. The summed E-state index contributed by atoms with van der Waals surface area (Å²) >= 11 is 0. The van der Waals surface area contributed by atoms with Crippen LogP contribution in [0.3, 0.4) is 0 Å². The van der Waals surface area contributed by atoms with E-state index in [2.05, 4.69) is 4.74 Å². The molecule has 4 atom stereocenters. The average Bonchev–Trinajstić information content (AvgIpc) is 2.88. The fourth-order valence-electron chi connectivity index (χ4n) is 3.80. The van der Waals surface area contributed by atoms with Crippen molar-refractivity contribution >= 4 is 23.8 Å². The SMILES string of the molecule is COC(=O)[C@]1(O)C[C@@H](O/C=C/C(=O)c2ccc(O)c(O)c2)[C@@H](O)[C@H](OC(=O)/C=C/c2ccc(O)c(O)c2)C1. The van der Waals surface area contributed by atoms with Crippen molar-refractivity contribution in [1.29, 1.82) is 0 Å². The lowest BCUT2D eigenvalue weighted by atomic mass is 9.79. The number of carbonyl (C=O) groups excluding carboxylic acids is 3. The summed E-state index contributed by atoms with van der Waals surface area (Å²) in [4.78, 5) is 36.9. The molecule has 0 heterocycles. The minimum atomic E-state index is -2.18. The first-order chi connectivity index (χ1) is 17.9.